The third kappa shape index (κ3) is 5.43. The topological polar surface area (TPSA) is 119 Å². The number of hydrogen-bond donors (Lipinski definition) is 2. The summed E-state index contributed by atoms with van der Waals surface area (Å²) in [5.41, 5.74) is 5.12. The molecule has 5 aromatic rings. The lowest BCUT2D eigenvalue weighted by Gasteiger charge is -2.32. The number of anilines is 2. The summed E-state index contributed by atoms with van der Waals surface area (Å²) in [4.78, 5) is 28.7. The molecule has 41 heavy (non-hydrogen) atoms. The molecule has 5 heterocycles. The van der Waals surface area contributed by atoms with Crippen molar-refractivity contribution >= 4 is 34.2 Å². The van der Waals surface area contributed by atoms with Crippen LogP contribution in [0.1, 0.15) is 50.2 Å². The third-order valence-corrected chi connectivity index (χ3v) is 7.74. The number of piperidine rings is 1. The monoisotopic (exact) mass is 544 g/mol. The number of nitrogens with one attached hydrogen (secondary N) is 2. The zero-order valence-electron chi connectivity index (χ0n) is 23.2. The van der Waals surface area contributed by atoms with Crippen LogP contribution in [0.4, 0.5) is 17.6 Å². The molecular weight excluding hydrogens is 512 g/mol. The Bertz CT molecular complexity index is 1740. The molecule has 1 saturated carbocycles. The molecule has 1 aliphatic heterocycles. The van der Waals surface area contributed by atoms with E-state index in [1.807, 2.05) is 42.7 Å². The number of hydrogen-bond acceptors (Lipinski definition) is 9. The molecule has 2 N–H and O–H groups in total. The quantitative estimate of drug-likeness (QED) is 0.278. The van der Waals surface area contributed by atoms with E-state index in [2.05, 4.69) is 56.7 Å². The molecule has 1 aromatic carbocycles. The Morgan fingerprint density at radius 1 is 1.07 bits per heavy atom. The number of pyridine rings is 2. The minimum atomic E-state index is -0.0485. The lowest BCUT2D eigenvalue weighted by molar-refractivity contribution is 0.431. The Morgan fingerprint density at radius 2 is 1.95 bits per heavy atom. The van der Waals surface area contributed by atoms with Crippen molar-refractivity contribution in [2.45, 2.75) is 45.6 Å². The first-order valence-electron chi connectivity index (χ1n) is 14.1. The van der Waals surface area contributed by atoms with Crippen molar-refractivity contribution in [1.29, 1.82) is 0 Å². The van der Waals surface area contributed by atoms with Crippen LogP contribution in [0.5, 0.6) is 0 Å². The van der Waals surface area contributed by atoms with Gasteiger partial charge in [-0.1, -0.05) is 44.2 Å². The van der Waals surface area contributed by atoms with E-state index < -0.39 is 0 Å². The summed E-state index contributed by atoms with van der Waals surface area (Å²) in [5, 5.41) is 12.3. The average Bonchev–Trinajstić information content (AvgIpc) is 3.74. The van der Waals surface area contributed by atoms with Crippen LogP contribution in [0, 0.1) is 5.41 Å². The van der Waals surface area contributed by atoms with E-state index in [4.69, 9.17) is 15.0 Å². The summed E-state index contributed by atoms with van der Waals surface area (Å²) in [6.45, 7) is 6.93. The molecule has 0 amide bonds. The Morgan fingerprint density at radius 3 is 2.78 bits per heavy atom. The second kappa shape index (κ2) is 10.4. The molecule has 1 saturated heterocycles. The smallest absolute Gasteiger partial charge is 0.247 e. The van der Waals surface area contributed by atoms with Gasteiger partial charge in [0.15, 0.2) is 11.6 Å². The van der Waals surface area contributed by atoms with Crippen molar-refractivity contribution in [3.8, 4) is 11.4 Å². The van der Waals surface area contributed by atoms with Crippen molar-refractivity contribution in [2.75, 3.05) is 18.4 Å². The van der Waals surface area contributed by atoms with Crippen LogP contribution in [0.25, 0.3) is 22.3 Å². The molecule has 0 unspecified atom stereocenters. The van der Waals surface area contributed by atoms with Crippen LogP contribution in [-0.4, -0.2) is 53.5 Å². The summed E-state index contributed by atoms with van der Waals surface area (Å²) < 4.78 is 1.80. The van der Waals surface area contributed by atoms with Crippen LogP contribution >= 0.6 is 0 Å². The number of aliphatic imine (C=N–C) groups is 1. The van der Waals surface area contributed by atoms with E-state index in [-0.39, 0.29) is 5.41 Å². The maximum absolute atomic E-state index is 5.23. The molecule has 206 valence electrons. The van der Waals surface area contributed by atoms with Gasteiger partial charge in [0.2, 0.25) is 5.95 Å². The Labute approximate surface area is 238 Å². The SMILES string of the molecule is CC1(C)CNCC/C1=N\c1nc(-c2ccnc(Nc3ncn(Cc4ccccc4)n3)c2)nc2cncc(C3CC3)c12. The molecule has 0 atom stereocenters. The highest BCUT2D eigenvalue weighted by Gasteiger charge is 2.31. The summed E-state index contributed by atoms with van der Waals surface area (Å²) in [5.74, 6) is 2.91. The van der Waals surface area contributed by atoms with Gasteiger partial charge in [0.1, 0.15) is 12.1 Å². The normalized spacial score (nSPS) is 17.7. The fraction of sp³-hybridized carbons (Fsp3) is 0.323. The lowest BCUT2D eigenvalue weighted by Crippen LogP contribution is -2.43. The molecule has 0 spiro atoms. The molecule has 10 heteroatoms. The summed E-state index contributed by atoms with van der Waals surface area (Å²) >= 11 is 0. The van der Waals surface area contributed by atoms with E-state index in [1.54, 1.807) is 17.2 Å². The molecular formula is C31H32N10. The number of fused-ring (bicyclic) bond motifs is 1. The standard InChI is InChI=1S/C31H32N10/c1-31(2)18-32-12-11-25(31)37-29-27-23(21-8-9-21)15-33-16-24(27)36-28(39-29)22-10-13-34-26(14-22)38-30-35-19-41(40-30)17-20-6-4-3-5-7-20/h3-7,10,13-16,19,21,32H,8-9,11-12,17-18H2,1-2H3,(H,34,38,40)/b37-25+. The predicted octanol–water partition coefficient (Wildman–Crippen LogP) is 5.44. The Balaban J connectivity index is 1.23. The minimum Gasteiger partial charge on any atom is -0.315 e. The number of nitrogens with zero attached hydrogens (tertiary/aromatic N) is 8. The van der Waals surface area contributed by atoms with Crippen LogP contribution in [-0.2, 0) is 6.54 Å². The zero-order chi connectivity index (χ0) is 27.8. The van der Waals surface area contributed by atoms with E-state index in [0.29, 0.717) is 30.1 Å². The van der Waals surface area contributed by atoms with Gasteiger partial charge in [-0.2, -0.15) is 0 Å². The lowest BCUT2D eigenvalue weighted by atomic mass is 9.83. The van der Waals surface area contributed by atoms with E-state index in [1.165, 1.54) is 18.4 Å². The second-order valence-corrected chi connectivity index (χ2v) is 11.4. The Hall–Kier alpha value is -4.57. The van der Waals surface area contributed by atoms with Gasteiger partial charge >= 0.3 is 0 Å². The first-order chi connectivity index (χ1) is 20.0. The fourth-order valence-corrected chi connectivity index (χ4v) is 5.34. The van der Waals surface area contributed by atoms with Crippen LogP contribution in [0.3, 0.4) is 0 Å². The van der Waals surface area contributed by atoms with Crippen LogP contribution in [0.2, 0.25) is 0 Å². The Kier molecular flexibility index (Phi) is 6.47. The van der Waals surface area contributed by atoms with Gasteiger partial charge in [0.25, 0.3) is 0 Å². The van der Waals surface area contributed by atoms with Crippen LogP contribution in [0.15, 0.2) is 72.4 Å². The van der Waals surface area contributed by atoms with Crippen molar-refractivity contribution in [3.63, 3.8) is 0 Å². The van der Waals surface area contributed by atoms with E-state index in [9.17, 15) is 0 Å². The first kappa shape index (κ1) is 25.4. The fourth-order valence-electron chi connectivity index (χ4n) is 5.34. The van der Waals surface area contributed by atoms with Gasteiger partial charge in [-0.25, -0.2) is 29.6 Å². The minimum absolute atomic E-state index is 0.0485. The van der Waals surface area contributed by atoms with Gasteiger partial charge in [-0.05, 0) is 48.4 Å². The summed E-state index contributed by atoms with van der Waals surface area (Å²) in [6, 6.07) is 14.0. The summed E-state index contributed by atoms with van der Waals surface area (Å²) in [7, 11) is 0. The maximum Gasteiger partial charge on any atom is 0.247 e. The van der Waals surface area contributed by atoms with Crippen molar-refractivity contribution in [3.05, 3.63) is 78.5 Å². The molecule has 10 nitrogen and oxygen atoms in total. The molecule has 0 bridgehead atoms. The number of rotatable bonds is 7. The van der Waals surface area contributed by atoms with Crippen molar-refractivity contribution in [1.82, 2.24) is 40.0 Å². The van der Waals surface area contributed by atoms with E-state index >= 15 is 0 Å². The van der Waals surface area contributed by atoms with Crippen molar-refractivity contribution in [2.24, 2.45) is 10.4 Å². The highest BCUT2D eigenvalue weighted by atomic mass is 15.4. The summed E-state index contributed by atoms with van der Waals surface area (Å²) in [6.07, 6.45) is 10.5. The highest BCUT2D eigenvalue weighted by molar-refractivity contribution is 5.98. The zero-order valence-corrected chi connectivity index (χ0v) is 23.2. The maximum atomic E-state index is 5.23. The van der Waals surface area contributed by atoms with Gasteiger partial charge in [0, 0.05) is 42.2 Å². The van der Waals surface area contributed by atoms with Gasteiger partial charge in [-0.15, -0.1) is 5.10 Å². The van der Waals surface area contributed by atoms with Crippen molar-refractivity contribution < 1.29 is 0 Å². The molecule has 7 rings (SSSR count). The molecule has 2 fully saturated rings. The molecule has 2 aliphatic rings. The average molecular weight is 545 g/mol. The third-order valence-electron chi connectivity index (χ3n) is 7.74. The van der Waals surface area contributed by atoms with Gasteiger partial charge in [-0.3, -0.25) is 4.98 Å². The largest absolute Gasteiger partial charge is 0.315 e. The number of aromatic nitrogens is 7. The molecule has 0 radical (unpaired) electrons. The van der Waals surface area contributed by atoms with Crippen LogP contribution < -0.4 is 10.6 Å². The molecule has 4 aromatic heterocycles. The first-order valence-corrected chi connectivity index (χ1v) is 14.1. The predicted molar refractivity (Wildman–Crippen MR) is 160 cm³/mol. The second-order valence-electron chi connectivity index (χ2n) is 11.4. The van der Waals surface area contributed by atoms with Gasteiger partial charge in [0.05, 0.1) is 23.6 Å². The highest BCUT2D eigenvalue weighted by Crippen LogP contribution is 2.45. The van der Waals surface area contributed by atoms with Gasteiger partial charge < -0.3 is 10.6 Å². The van der Waals surface area contributed by atoms with E-state index in [0.717, 1.165) is 53.1 Å². The number of benzene rings is 1. The molecule has 1 aliphatic carbocycles.